The lowest BCUT2D eigenvalue weighted by Crippen LogP contribution is -2.40. The van der Waals surface area contributed by atoms with Crippen molar-refractivity contribution in [2.24, 2.45) is 0 Å². The Bertz CT molecular complexity index is 410. The summed E-state index contributed by atoms with van der Waals surface area (Å²) in [6, 6.07) is 6.16. The van der Waals surface area contributed by atoms with E-state index in [4.69, 9.17) is 0 Å². The fourth-order valence-electron chi connectivity index (χ4n) is 1.37. The molecule has 0 aliphatic rings. The fraction of sp³-hybridized carbons (Fsp3) is 0.538. The molecule has 19 heavy (non-hydrogen) atoms. The number of benzene rings is 1. The number of hydrogen-bond acceptors (Lipinski definition) is 3. The number of nitrogens with one attached hydrogen (secondary N) is 1. The van der Waals surface area contributed by atoms with E-state index in [1.165, 1.54) is 12.1 Å². The first-order chi connectivity index (χ1) is 8.70. The van der Waals surface area contributed by atoms with Crippen LogP contribution in [0.2, 0.25) is 0 Å². The predicted molar refractivity (Wildman–Crippen MR) is 72.5 cm³/mol. The maximum atomic E-state index is 12.1. The zero-order valence-electron chi connectivity index (χ0n) is 11.4. The number of hydrogen-bond donors (Lipinski definition) is 1. The first-order valence-electron chi connectivity index (χ1n) is 5.93. The molecule has 1 aromatic carbocycles. The summed E-state index contributed by atoms with van der Waals surface area (Å²) in [6.07, 6.45) is 0. The van der Waals surface area contributed by atoms with Crippen molar-refractivity contribution < 1.29 is 18.1 Å². The second-order valence-electron chi connectivity index (χ2n) is 5.17. The van der Waals surface area contributed by atoms with Crippen LogP contribution in [0.4, 0.5) is 8.78 Å². The maximum Gasteiger partial charge on any atom is 0.387 e. The van der Waals surface area contributed by atoms with E-state index < -0.39 is 18.0 Å². The summed E-state index contributed by atoms with van der Waals surface area (Å²) in [4.78, 5) is 0. The highest BCUT2D eigenvalue weighted by Gasteiger charge is 2.28. The molecule has 2 atom stereocenters. The van der Waals surface area contributed by atoms with Crippen LogP contribution in [0, 0.1) is 0 Å². The maximum absolute atomic E-state index is 12.1. The highest BCUT2D eigenvalue weighted by molar-refractivity contribution is 7.90. The third-order valence-electron chi connectivity index (χ3n) is 2.42. The van der Waals surface area contributed by atoms with Crippen molar-refractivity contribution in [2.45, 2.75) is 45.1 Å². The Labute approximate surface area is 115 Å². The third kappa shape index (κ3) is 5.34. The lowest BCUT2D eigenvalue weighted by atomic mass is 10.1. The molecule has 0 aromatic heterocycles. The van der Waals surface area contributed by atoms with Gasteiger partial charge in [-0.15, -0.1) is 4.72 Å². The molecule has 1 rings (SSSR count). The van der Waals surface area contributed by atoms with Crippen LogP contribution in [0.1, 0.15) is 39.3 Å². The summed E-state index contributed by atoms with van der Waals surface area (Å²) in [5, 5.41) is 0. The zero-order chi connectivity index (χ0) is 14.6. The van der Waals surface area contributed by atoms with Crippen molar-refractivity contribution in [3.05, 3.63) is 29.8 Å². The van der Waals surface area contributed by atoms with Crippen LogP contribution in [0.3, 0.4) is 0 Å². The molecule has 0 radical (unpaired) electrons. The first-order valence-corrected chi connectivity index (χ1v) is 7.08. The summed E-state index contributed by atoms with van der Waals surface area (Å²) in [7, 11) is 0. The van der Waals surface area contributed by atoms with E-state index in [2.05, 4.69) is 9.46 Å². The summed E-state index contributed by atoms with van der Waals surface area (Å²) in [5.74, 6) is 0.0997. The van der Waals surface area contributed by atoms with Crippen molar-refractivity contribution in [1.82, 2.24) is 4.72 Å². The molecule has 0 saturated heterocycles. The van der Waals surface area contributed by atoms with Gasteiger partial charge in [-0.25, -0.2) is 0 Å². The average molecular weight is 291 g/mol. The molecule has 0 heterocycles. The fourth-order valence-corrected chi connectivity index (χ4v) is 2.18. The Balaban J connectivity index is 2.74. The Morgan fingerprint density at radius 1 is 1.32 bits per heavy atom. The Morgan fingerprint density at radius 3 is 2.47 bits per heavy atom. The van der Waals surface area contributed by atoms with Gasteiger partial charge < -0.3 is 9.29 Å². The monoisotopic (exact) mass is 291 g/mol. The van der Waals surface area contributed by atoms with Crippen LogP contribution in [0.15, 0.2) is 24.3 Å². The molecular weight excluding hydrogens is 272 g/mol. The molecule has 0 aliphatic heterocycles. The van der Waals surface area contributed by atoms with Gasteiger partial charge in [-0.3, -0.25) is 0 Å². The molecule has 0 saturated carbocycles. The van der Waals surface area contributed by atoms with Crippen molar-refractivity contribution >= 4 is 11.4 Å². The molecule has 0 spiro atoms. The van der Waals surface area contributed by atoms with Crippen LogP contribution in [0.5, 0.6) is 5.75 Å². The van der Waals surface area contributed by atoms with Gasteiger partial charge in [0.2, 0.25) is 0 Å². The van der Waals surface area contributed by atoms with E-state index >= 15 is 0 Å². The molecule has 3 nitrogen and oxygen atoms in total. The van der Waals surface area contributed by atoms with Crippen molar-refractivity contribution in [2.75, 3.05) is 0 Å². The Morgan fingerprint density at radius 2 is 1.95 bits per heavy atom. The molecule has 108 valence electrons. The van der Waals surface area contributed by atoms with Crippen molar-refractivity contribution in [1.29, 1.82) is 0 Å². The second kappa shape index (κ2) is 6.54. The zero-order valence-corrected chi connectivity index (χ0v) is 12.3. The van der Waals surface area contributed by atoms with Crippen LogP contribution in [-0.2, 0) is 11.4 Å². The summed E-state index contributed by atoms with van der Waals surface area (Å²) < 4.78 is 43.1. The minimum atomic E-state index is -2.85. The Kier molecular flexibility index (Phi) is 5.58. The lowest BCUT2D eigenvalue weighted by Gasteiger charge is -2.26. The molecule has 0 amide bonds. The SMILES string of the molecule is CC(N[S@+]([O-])C(C)(C)C)c1cccc(OC(F)F)c1. The molecular formula is C13H19F2NO2S. The molecule has 0 bridgehead atoms. The van der Waals surface area contributed by atoms with E-state index in [1.807, 2.05) is 27.7 Å². The first kappa shape index (κ1) is 16.2. The van der Waals surface area contributed by atoms with Gasteiger partial charge in [0.15, 0.2) is 0 Å². The van der Waals surface area contributed by atoms with Crippen LogP contribution in [0.25, 0.3) is 0 Å². The number of halogens is 2. The normalized spacial score (nSPS) is 15.4. The van der Waals surface area contributed by atoms with Gasteiger partial charge >= 0.3 is 6.61 Å². The number of rotatable bonds is 5. The predicted octanol–water partition coefficient (Wildman–Crippen LogP) is 3.40. The van der Waals surface area contributed by atoms with Gasteiger partial charge in [-0.2, -0.15) is 8.78 Å². The van der Waals surface area contributed by atoms with E-state index in [-0.39, 0.29) is 16.5 Å². The topological polar surface area (TPSA) is 44.3 Å². The quantitative estimate of drug-likeness (QED) is 0.846. The van der Waals surface area contributed by atoms with Gasteiger partial charge in [0.25, 0.3) is 0 Å². The molecule has 1 unspecified atom stereocenters. The highest BCUT2D eigenvalue weighted by atomic mass is 32.2. The van der Waals surface area contributed by atoms with Crippen LogP contribution >= 0.6 is 0 Å². The van der Waals surface area contributed by atoms with Crippen molar-refractivity contribution in [3.63, 3.8) is 0 Å². The highest BCUT2D eigenvalue weighted by Crippen LogP contribution is 2.23. The standard InChI is InChI=1S/C13H19F2NO2S/c1-9(16-19(17)13(2,3)4)10-6-5-7-11(8-10)18-12(14)15/h5-9,12,16H,1-4H3/t9?,19-/m1/s1. The van der Waals surface area contributed by atoms with E-state index in [0.717, 1.165) is 5.56 Å². The van der Waals surface area contributed by atoms with Gasteiger partial charge in [0.05, 0.1) is 6.04 Å². The van der Waals surface area contributed by atoms with Gasteiger partial charge in [0.1, 0.15) is 10.5 Å². The molecule has 0 aliphatic carbocycles. The second-order valence-corrected chi connectivity index (χ2v) is 7.17. The summed E-state index contributed by atoms with van der Waals surface area (Å²) in [5.41, 5.74) is 0.746. The largest absolute Gasteiger partial charge is 0.598 e. The van der Waals surface area contributed by atoms with Gasteiger partial charge in [0, 0.05) is 11.4 Å². The number of alkyl halides is 2. The summed E-state index contributed by atoms with van der Waals surface area (Å²) >= 11 is -1.22. The van der Waals surface area contributed by atoms with Crippen molar-refractivity contribution in [3.8, 4) is 5.75 Å². The van der Waals surface area contributed by atoms with Gasteiger partial charge in [-0.1, -0.05) is 12.1 Å². The van der Waals surface area contributed by atoms with E-state index in [9.17, 15) is 13.3 Å². The lowest BCUT2D eigenvalue weighted by molar-refractivity contribution is -0.0499. The average Bonchev–Trinajstić information content (AvgIpc) is 2.27. The molecule has 0 fully saturated rings. The minimum Gasteiger partial charge on any atom is -0.598 e. The molecule has 1 N–H and O–H groups in total. The summed E-state index contributed by atoms with van der Waals surface area (Å²) in [6.45, 7) is 4.56. The minimum absolute atomic E-state index is 0.0997. The molecule has 6 heteroatoms. The third-order valence-corrected chi connectivity index (χ3v) is 4.10. The van der Waals surface area contributed by atoms with Gasteiger partial charge in [-0.05, 0) is 45.4 Å². The molecule has 1 aromatic rings. The number of ether oxygens (including phenoxy) is 1. The van der Waals surface area contributed by atoms with E-state index in [1.54, 1.807) is 12.1 Å². The van der Waals surface area contributed by atoms with Crippen LogP contribution < -0.4 is 9.46 Å². The van der Waals surface area contributed by atoms with E-state index in [0.29, 0.717) is 0 Å². The smallest absolute Gasteiger partial charge is 0.387 e. The van der Waals surface area contributed by atoms with Crippen LogP contribution in [-0.4, -0.2) is 15.9 Å². The Hall–Kier alpha value is -0.850.